The first-order valence-corrected chi connectivity index (χ1v) is 7.95. The van der Waals surface area contributed by atoms with E-state index in [1.165, 1.54) is 12.1 Å². The molecule has 138 valence electrons. The van der Waals surface area contributed by atoms with Crippen molar-refractivity contribution in [2.45, 2.75) is 26.1 Å². The number of carbonyl (C=O) groups is 2. The number of anilines is 1. The standard InChI is InChI=1S/C16H20F3N3O3/c1-2-14(23)20-9-11-7-8-22(10-11)15(24)21-12-3-5-13(6-4-12)25-16(17,18)19/h3-6,11H,2,7-10H2,1H3,(H,20,23)(H,21,24). The molecule has 1 aromatic carbocycles. The fourth-order valence-electron chi connectivity index (χ4n) is 2.51. The van der Waals surface area contributed by atoms with Crippen LogP contribution in [0, 0.1) is 5.92 Å². The normalized spacial score (nSPS) is 17.3. The van der Waals surface area contributed by atoms with Crippen LogP contribution >= 0.6 is 0 Å². The third kappa shape index (κ3) is 6.17. The minimum atomic E-state index is -4.75. The molecule has 1 aromatic rings. The number of rotatable bonds is 5. The van der Waals surface area contributed by atoms with Crippen LogP contribution in [0.3, 0.4) is 0 Å². The fourth-order valence-corrected chi connectivity index (χ4v) is 2.51. The number of urea groups is 1. The Kier molecular flexibility index (Phi) is 6.11. The fraction of sp³-hybridized carbons (Fsp3) is 0.500. The number of ether oxygens (including phenoxy) is 1. The Labute approximate surface area is 143 Å². The average molecular weight is 359 g/mol. The van der Waals surface area contributed by atoms with Crippen molar-refractivity contribution >= 4 is 17.6 Å². The van der Waals surface area contributed by atoms with Gasteiger partial charge in [-0.1, -0.05) is 6.92 Å². The molecule has 0 aliphatic carbocycles. The van der Waals surface area contributed by atoms with Crippen LogP contribution in [-0.4, -0.2) is 42.8 Å². The molecule has 0 spiro atoms. The first-order chi connectivity index (χ1) is 11.8. The third-order valence-electron chi connectivity index (χ3n) is 3.82. The van der Waals surface area contributed by atoms with Crippen molar-refractivity contribution in [2.24, 2.45) is 5.92 Å². The van der Waals surface area contributed by atoms with Crippen molar-refractivity contribution in [3.8, 4) is 5.75 Å². The Hall–Kier alpha value is -2.45. The highest BCUT2D eigenvalue weighted by molar-refractivity contribution is 5.89. The zero-order valence-corrected chi connectivity index (χ0v) is 13.7. The van der Waals surface area contributed by atoms with Crippen molar-refractivity contribution in [3.05, 3.63) is 24.3 Å². The molecule has 1 unspecified atom stereocenters. The van der Waals surface area contributed by atoms with E-state index in [4.69, 9.17) is 0 Å². The van der Waals surface area contributed by atoms with Gasteiger partial charge >= 0.3 is 12.4 Å². The second-order valence-corrected chi connectivity index (χ2v) is 5.76. The molecule has 1 atom stereocenters. The summed E-state index contributed by atoms with van der Waals surface area (Å²) in [6.45, 7) is 3.38. The van der Waals surface area contributed by atoms with E-state index in [9.17, 15) is 22.8 Å². The molecule has 9 heteroatoms. The Bertz CT molecular complexity index is 605. The highest BCUT2D eigenvalue weighted by Gasteiger charge is 2.31. The van der Waals surface area contributed by atoms with E-state index in [0.717, 1.165) is 18.6 Å². The summed E-state index contributed by atoms with van der Waals surface area (Å²) in [5.41, 5.74) is 0.377. The summed E-state index contributed by atoms with van der Waals surface area (Å²) in [6, 6.07) is 4.63. The molecule has 2 N–H and O–H groups in total. The van der Waals surface area contributed by atoms with E-state index >= 15 is 0 Å². The van der Waals surface area contributed by atoms with Crippen LogP contribution in [0.2, 0.25) is 0 Å². The number of nitrogens with one attached hydrogen (secondary N) is 2. The van der Waals surface area contributed by atoms with Gasteiger partial charge < -0.3 is 20.3 Å². The number of benzene rings is 1. The number of hydrogen-bond acceptors (Lipinski definition) is 3. The molecule has 25 heavy (non-hydrogen) atoms. The molecule has 3 amide bonds. The zero-order chi connectivity index (χ0) is 18.4. The second-order valence-electron chi connectivity index (χ2n) is 5.76. The topological polar surface area (TPSA) is 70.7 Å². The van der Waals surface area contributed by atoms with Crippen molar-refractivity contribution in [1.29, 1.82) is 0 Å². The van der Waals surface area contributed by atoms with Crippen LogP contribution in [0.4, 0.5) is 23.7 Å². The average Bonchev–Trinajstić information content (AvgIpc) is 3.02. The largest absolute Gasteiger partial charge is 0.573 e. The highest BCUT2D eigenvalue weighted by Crippen LogP contribution is 2.24. The number of carbonyl (C=O) groups excluding carboxylic acids is 2. The Morgan fingerprint density at radius 2 is 1.96 bits per heavy atom. The van der Waals surface area contributed by atoms with Crippen LogP contribution in [0.1, 0.15) is 19.8 Å². The van der Waals surface area contributed by atoms with Crippen LogP contribution in [0.15, 0.2) is 24.3 Å². The van der Waals surface area contributed by atoms with E-state index < -0.39 is 6.36 Å². The number of amides is 3. The maximum absolute atomic E-state index is 12.2. The number of likely N-dealkylation sites (tertiary alicyclic amines) is 1. The molecular formula is C16H20F3N3O3. The molecule has 2 rings (SSSR count). The van der Waals surface area contributed by atoms with Gasteiger partial charge in [0.25, 0.3) is 0 Å². The molecule has 1 heterocycles. The van der Waals surface area contributed by atoms with E-state index in [1.54, 1.807) is 11.8 Å². The van der Waals surface area contributed by atoms with Gasteiger partial charge in [-0.15, -0.1) is 13.2 Å². The number of hydrogen-bond donors (Lipinski definition) is 2. The predicted molar refractivity (Wildman–Crippen MR) is 85.1 cm³/mol. The summed E-state index contributed by atoms with van der Waals surface area (Å²) in [4.78, 5) is 25.1. The molecule has 0 bridgehead atoms. The van der Waals surface area contributed by atoms with Gasteiger partial charge in [0, 0.05) is 31.7 Å². The van der Waals surface area contributed by atoms with E-state index in [2.05, 4.69) is 15.4 Å². The van der Waals surface area contributed by atoms with E-state index in [0.29, 0.717) is 31.7 Å². The zero-order valence-electron chi connectivity index (χ0n) is 13.7. The van der Waals surface area contributed by atoms with Crippen LogP contribution in [-0.2, 0) is 4.79 Å². The predicted octanol–water partition coefficient (Wildman–Crippen LogP) is 2.97. The molecule has 1 aliphatic rings. The maximum atomic E-state index is 12.2. The van der Waals surface area contributed by atoms with Gasteiger partial charge in [0.1, 0.15) is 5.75 Å². The summed E-state index contributed by atoms with van der Waals surface area (Å²) < 4.78 is 40.1. The van der Waals surface area contributed by atoms with Crippen LogP contribution in [0.5, 0.6) is 5.75 Å². The van der Waals surface area contributed by atoms with Crippen molar-refractivity contribution in [1.82, 2.24) is 10.2 Å². The van der Waals surface area contributed by atoms with Gasteiger partial charge in [-0.2, -0.15) is 0 Å². The van der Waals surface area contributed by atoms with Crippen LogP contribution < -0.4 is 15.4 Å². The number of halogens is 3. The quantitative estimate of drug-likeness (QED) is 0.849. The lowest BCUT2D eigenvalue weighted by Crippen LogP contribution is -2.35. The highest BCUT2D eigenvalue weighted by atomic mass is 19.4. The lowest BCUT2D eigenvalue weighted by Gasteiger charge is -2.18. The maximum Gasteiger partial charge on any atom is 0.573 e. The van der Waals surface area contributed by atoms with Crippen molar-refractivity contribution < 1.29 is 27.5 Å². The van der Waals surface area contributed by atoms with Crippen molar-refractivity contribution in [3.63, 3.8) is 0 Å². The Balaban J connectivity index is 1.81. The third-order valence-corrected chi connectivity index (χ3v) is 3.82. The Morgan fingerprint density at radius 1 is 1.28 bits per heavy atom. The summed E-state index contributed by atoms with van der Waals surface area (Å²) in [5.74, 6) is -0.175. The van der Waals surface area contributed by atoms with E-state index in [1.807, 2.05) is 0 Å². The smallest absolute Gasteiger partial charge is 0.406 e. The molecule has 6 nitrogen and oxygen atoms in total. The van der Waals surface area contributed by atoms with Crippen molar-refractivity contribution in [2.75, 3.05) is 25.0 Å². The van der Waals surface area contributed by atoms with Crippen LogP contribution in [0.25, 0.3) is 0 Å². The first-order valence-electron chi connectivity index (χ1n) is 7.95. The molecular weight excluding hydrogens is 339 g/mol. The van der Waals surface area contributed by atoms with Gasteiger partial charge in [-0.3, -0.25) is 4.79 Å². The summed E-state index contributed by atoms with van der Waals surface area (Å²) >= 11 is 0. The van der Waals surface area contributed by atoms with E-state index in [-0.39, 0.29) is 23.6 Å². The van der Waals surface area contributed by atoms with Gasteiger partial charge in [0.2, 0.25) is 5.91 Å². The lowest BCUT2D eigenvalue weighted by atomic mass is 10.1. The molecule has 0 aromatic heterocycles. The number of nitrogens with zero attached hydrogens (tertiary/aromatic N) is 1. The van der Waals surface area contributed by atoms with Gasteiger partial charge in [-0.25, -0.2) is 4.79 Å². The molecule has 0 saturated carbocycles. The monoisotopic (exact) mass is 359 g/mol. The van der Waals surface area contributed by atoms with Gasteiger partial charge in [0.15, 0.2) is 0 Å². The van der Waals surface area contributed by atoms with Gasteiger partial charge in [-0.05, 0) is 36.6 Å². The SMILES string of the molecule is CCC(=O)NCC1CCN(C(=O)Nc2ccc(OC(F)(F)F)cc2)C1. The van der Waals surface area contributed by atoms with Gasteiger partial charge in [0.05, 0.1) is 0 Å². The Morgan fingerprint density at radius 3 is 2.56 bits per heavy atom. The lowest BCUT2D eigenvalue weighted by molar-refractivity contribution is -0.274. The minimum absolute atomic E-state index is 0.0240. The first kappa shape index (κ1) is 18.9. The number of alkyl halides is 3. The summed E-state index contributed by atoms with van der Waals surface area (Å²) in [7, 11) is 0. The summed E-state index contributed by atoms with van der Waals surface area (Å²) in [5, 5.41) is 5.44. The molecule has 1 fully saturated rings. The molecule has 0 radical (unpaired) electrons. The summed E-state index contributed by atoms with van der Waals surface area (Å²) in [6.07, 6.45) is -3.54. The molecule has 1 aliphatic heterocycles. The second kappa shape index (κ2) is 8.09. The minimum Gasteiger partial charge on any atom is -0.406 e. The molecule has 1 saturated heterocycles.